The Morgan fingerprint density at radius 3 is 2.27 bits per heavy atom. The van der Waals surface area contributed by atoms with Gasteiger partial charge in [0.1, 0.15) is 5.82 Å². The van der Waals surface area contributed by atoms with E-state index in [1.807, 2.05) is 12.1 Å². The third-order valence-corrected chi connectivity index (χ3v) is 6.49. The Kier molecular flexibility index (Phi) is 9.00. The Bertz CT molecular complexity index is 829. The molecule has 3 rings (SSSR count). The number of hydrogen-bond acceptors (Lipinski definition) is 0. The van der Waals surface area contributed by atoms with Crippen molar-refractivity contribution in [2.75, 3.05) is 0 Å². The molecule has 0 radical (unpaired) electrons. The van der Waals surface area contributed by atoms with Gasteiger partial charge in [-0.2, -0.15) is 0 Å². The summed E-state index contributed by atoms with van der Waals surface area (Å²) >= 11 is 0. The maximum absolute atomic E-state index is 14.4. The highest BCUT2D eigenvalue weighted by Crippen LogP contribution is 2.35. The first-order chi connectivity index (χ1) is 14.7. The number of rotatable bonds is 8. The summed E-state index contributed by atoms with van der Waals surface area (Å²) in [6.45, 7) is 4.43. The fourth-order valence-electron chi connectivity index (χ4n) is 4.57. The lowest BCUT2D eigenvalue weighted by Crippen LogP contribution is -2.12. The second kappa shape index (κ2) is 11.9. The summed E-state index contributed by atoms with van der Waals surface area (Å²) in [7, 11) is 0. The normalized spacial score (nSPS) is 18.6. The summed E-state index contributed by atoms with van der Waals surface area (Å²) in [5.74, 6) is 7.69. The van der Waals surface area contributed by atoms with E-state index in [9.17, 15) is 4.39 Å². The molecule has 2 aromatic carbocycles. The van der Waals surface area contributed by atoms with E-state index in [0.717, 1.165) is 36.8 Å². The molecule has 0 aliphatic heterocycles. The van der Waals surface area contributed by atoms with Crippen LogP contribution in [-0.4, -0.2) is 0 Å². The van der Waals surface area contributed by atoms with Gasteiger partial charge in [0.25, 0.3) is 0 Å². The van der Waals surface area contributed by atoms with E-state index in [4.69, 9.17) is 0 Å². The molecule has 160 valence electrons. The molecule has 0 bridgehead atoms. The molecule has 2 aromatic rings. The number of halogens is 1. The van der Waals surface area contributed by atoms with E-state index < -0.39 is 0 Å². The Morgan fingerprint density at radius 2 is 1.60 bits per heavy atom. The molecule has 0 N–H and O–H groups in total. The topological polar surface area (TPSA) is 0 Å². The minimum atomic E-state index is -0.0893. The molecule has 1 heteroatoms. The predicted octanol–water partition coefficient (Wildman–Crippen LogP) is 8.23. The monoisotopic (exact) mass is 404 g/mol. The van der Waals surface area contributed by atoms with Crippen molar-refractivity contribution in [1.82, 2.24) is 0 Å². The van der Waals surface area contributed by atoms with Crippen LogP contribution < -0.4 is 0 Å². The van der Waals surface area contributed by atoms with Gasteiger partial charge in [0.05, 0.1) is 0 Å². The number of aryl methyl sites for hydroxylation is 2. The number of benzene rings is 2. The molecule has 1 fully saturated rings. The molecule has 30 heavy (non-hydrogen) atoms. The van der Waals surface area contributed by atoms with Gasteiger partial charge in [0, 0.05) is 11.5 Å². The fourth-order valence-corrected chi connectivity index (χ4v) is 4.57. The Balaban J connectivity index is 1.50. The Labute approximate surface area is 183 Å². The maximum Gasteiger partial charge on any atom is 0.127 e. The quantitative estimate of drug-likeness (QED) is 0.307. The average Bonchev–Trinajstić information content (AvgIpc) is 2.77. The van der Waals surface area contributed by atoms with Crippen molar-refractivity contribution < 1.29 is 4.39 Å². The summed E-state index contributed by atoms with van der Waals surface area (Å²) in [6.07, 6.45) is 12.6. The van der Waals surface area contributed by atoms with Crippen molar-refractivity contribution in [3.05, 3.63) is 70.5 Å². The zero-order chi connectivity index (χ0) is 21.2. The van der Waals surface area contributed by atoms with Crippen LogP contribution in [0.1, 0.15) is 99.8 Å². The molecule has 1 saturated carbocycles. The highest BCUT2D eigenvalue weighted by Gasteiger charge is 2.21. The first-order valence-corrected chi connectivity index (χ1v) is 12.1. The first-order valence-electron chi connectivity index (χ1n) is 12.1. The Morgan fingerprint density at radius 1 is 0.833 bits per heavy atom. The molecule has 1 aliphatic rings. The van der Waals surface area contributed by atoms with Crippen LogP contribution in [0.15, 0.2) is 42.5 Å². The van der Waals surface area contributed by atoms with Crippen molar-refractivity contribution in [3.8, 4) is 11.8 Å². The van der Waals surface area contributed by atoms with Gasteiger partial charge in [-0.1, -0.05) is 81.7 Å². The third kappa shape index (κ3) is 6.73. The molecule has 0 nitrogen and oxygen atoms in total. The van der Waals surface area contributed by atoms with Crippen LogP contribution >= 0.6 is 0 Å². The molecule has 0 heterocycles. The summed E-state index contributed by atoms with van der Waals surface area (Å²) in [6, 6.07) is 14.8. The van der Waals surface area contributed by atoms with Crippen molar-refractivity contribution >= 4 is 0 Å². The van der Waals surface area contributed by atoms with Crippen LogP contribution in [0, 0.1) is 23.6 Å². The van der Waals surface area contributed by atoms with Gasteiger partial charge < -0.3 is 0 Å². The lowest BCUT2D eigenvalue weighted by Gasteiger charge is -2.26. The van der Waals surface area contributed by atoms with Gasteiger partial charge in [-0.05, 0) is 79.7 Å². The van der Waals surface area contributed by atoms with Crippen molar-refractivity contribution in [2.24, 2.45) is 5.92 Å². The second-order valence-corrected chi connectivity index (χ2v) is 8.93. The van der Waals surface area contributed by atoms with E-state index >= 15 is 0 Å². The molecule has 0 spiro atoms. The van der Waals surface area contributed by atoms with E-state index in [-0.39, 0.29) is 5.82 Å². The molecule has 0 atom stereocenters. The van der Waals surface area contributed by atoms with Crippen LogP contribution in [0.4, 0.5) is 4.39 Å². The van der Waals surface area contributed by atoms with Crippen molar-refractivity contribution in [1.29, 1.82) is 0 Å². The number of hydrogen-bond donors (Lipinski definition) is 0. The van der Waals surface area contributed by atoms with E-state index in [2.05, 4.69) is 50.0 Å². The van der Waals surface area contributed by atoms with Crippen LogP contribution in [0.3, 0.4) is 0 Å². The zero-order valence-corrected chi connectivity index (χ0v) is 18.9. The van der Waals surface area contributed by atoms with Crippen LogP contribution in [0.2, 0.25) is 0 Å². The standard InChI is InChI=1S/C29H37F/c1-3-5-6-7-9-28-21-16-25(22-29(28)30)11-10-24-14-19-27(20-15-24)26-17-12-23(8-4-2)13-18-26/h12-13,16-18,21-22,24,27H,3-9,14-15,19-20H2,1-2H3. The summed E-state index contributed by atoms with van der Waals surface area (Å²) in [4.78, 5) is 0. The fraction of sp³-hybridized carbons (Fsp3) is 0.517. The molecular formula is C29H37F. The molecule has 0 saturated heterocycles. The molecule has 1 aliphatic carbocycles. The minimum absolute atomic E-state index is 0.0893. The van der Waals surface area contributed by atoms with Gasteiger partial charge in [0.2, 0.25) is 0 Å². The van der Waals surface area contributed by atoms with Gasteiger partial charge in [-0.3, -0.25) is 0 Å². The molecule has 0 aromatic heterocycles. The smallest absolute Gasteiger partial charge is 0.127 e. The Hall–Kier alpha value is -2.07. The van der Waals surface area contributed by atoms with E-state index in [1.54, 1.807) is 6.07 Å². The molecule has 0 unspecified atom stereocenters. The summed E-state index contributed by atoms with van der Waals surface area (Å²) < 4.78 is 14.4. The highest BCUT2D eigenvalue weighted by atomic mass is 19.1. The lowest BCUT2D eigenvalue weighted by molar-refractivity contribution is 0.384. The van der Waals surface area contributed by atoms with Gasteiger partial charge in [-0.15, -0.1) is 0 Å². The molecule has 0 amide bonds. The van der Waals surface area contributed by atoms with Crippen LogP contribution in [-0.2, 0) is 12.8 Å². The minimum Gasteiger partial charge on any atom is -0.207 e. The maximum atomic E-state index is 14.4. The van der Waals surface area contributed by atoms with Crippen molar-refractivity contribution in [2.45, 2.75) is 90.4 Å². The SMILES string of the molecule is CCCCCCc1ccc(C#CC2CCC(c3ccc(CCC)cc3)CC2)cc1F. The van der Waals surface area contributed by atoms with Crippen molar-refractivity contribution in [3.63, 3.8) is 0 Å². The van der Waals surface area contributed by atoms with Crippen LogP contribution in [0.25, 0.3) is 0 Å². The van der Waals surface area contributed by atoms with Gasteiger partial charge >= 0.3 is 0 Å². The predicted molar refractivity (Wildman–Crippen MR) is 126 cm³/mol. The first kappa shape index (κ1) is 22.6. The average molecular weight is 405 g/mol. The largest absolute Gasteiger partial charge is 0.207 e. The lowest BCUT2D eigenvalue weighted by atomic mass is 9.78. The summed E-state index contributed by atoms with van der Waals surface area (Å²) in [5.41, 5.74) is 4.58. The van der Waals surface area contributed by atoms with Gasteiger partial charge in [-0.25, -0.2) is 4.39 Å². The van der Waals surface area contributed by atoms with E-state index in [0.29, 0.717) is 11.8 Å². The molecular weight excluding hydrogens is 367 g/mol. The summed E-state index contributed by atoms with van der Waals surface area (Å²) in [5, 5.41) is 0. The third-order valence-electron chi connectivity index (χ3n) is 6.49. The second-order valence-electron chi connectivity index (χ2n) is 8.93. The van der Waals surface area contributed by atoms with E-state index in [1.165, 1.54) is 56.1 Å². The highest BCUT2D eigenvalue weighted by molar-refractivity contribution is 5.37. The zero-order valence-electron chi connectivity index (χ0n) is 18.9. The van der Waals surface area contributed by atoms with Gasteiger partial charge in [0.15, 0.2) is 0 Å². The number of unbranched alkanes of at least 4 members (excludes halogenated alkanes) is 3. The van der Waals surface area contributed by atoms with Crippen LogP contribution in [0.5, 0.6) is 0 Å².